The third-order valence-electron chi connectivity index (χ3n) is 0. The van der Waals surface area contributed by atoms with Crippen LogP contribution in [-0.2, 0) is 21.1 Å². The van der Waals surface area contributed by atoms with E-state index in [4.69, 9.17) is 2.56 Å². The third kappa shape index (κ3) is 144. The summed E-state index contributed by atoms with van der Waals surface area (Å²) in [5, 5.41) is 0. The fourth-order valence-corrected chi connectivity index (χ4v) is 0. The van der Waals surface area contributed by atoms with E-state index in [1.54, 1.807) is 0 Å². The van der Waals surface area contributed by atoms with Crippen LogP contribution in [0.4, 0.5) is 0 Å². The maximum absolute atomic E-state index is 6.34. The SMILES string of the molecule is [3H]P=NP[3H].[B]N=[B].[Pt]. The van der Waals surface area contributed by atoms with Gasteiger partial charge < -0.3 is 0 Å². The molecule has 0 rings (SSSR count). The van der Waals surface area contributed by atoms with Gasteiger partial charge in [-0.15, -0.1) is 0 Å². The van der Waals surface area contributed by atoms with Gasteiger partial charge in [0.15, 0.2) is 0 Å². The van der Waals surface area contributed by atoms with E-state index < -0.39 is 0 Å². The molecule has 0 aliphatic carbocycles. The Morgan fingerprint density at radius 1 is 2.00 bits per heavy atom. The smallest absolute Gasteiger partial charge is 0 e. The monoisotopic (exact) mass is 314 g/mol. The number of rotatable bonds is 1. The summed E-state index contributed by atoms with van der Waals surface area (Å²) in [7, 11) is 8.56. The van der Waals surface area contributed by atoms with E-state index in [0.717, 1.165) is 0 Å². The van der Waals surface area contributed by atoms with E-state index in [9.17, 15) is 0 Å². The van der Waals surface area contributed by atoms with Gasteiger partial charge in [0.2, 0.25) is 0 Å². The van der Waals surface area contributed by atoms with Crippen LogP contribution in [0, 0.1) is 0 Å². The van der Waals surface area contributed by atoms with Crippen LogP contribution in [0.5, 0.6) is 0 Å². The van der Waals surface area contributed by atoms with Gasteiger partial charge in [0.25, 0.3) is 0 Å². The molecule has 7 heavy (non-hydrogen) atoms. The minimum atomic E-state index is -0.167. The third-order valence-corrected chi connectivity index (χ3v) is 0. The molecule has 0 aromatic rings. The van der Waals surface area contributed by atoms with Crippen LogP contribution >= 0.6 is 18.3 Å². The van der Waals surface area contributed by atoms with Crippen LogP contribution in [-0.4, -0.2) is 18.2 Å². The molecule has 39 valence electrons. The number of hydrogen-bond acceptors (Lipinski definition) is 2. The molecule has 0 saturated carbocycles. The van der Waals surface area contributed by atoms with Crippen LogP contribution < -0.4 is 0 Å². The summed E-state index contributed by atoms with van der Waals surface area (Å²) in [4.78, 5) is 2.50. The second-order valence-electron chi connectivity index (χ2n) is 0.249. The molecule has 0 saturated heterocycles. The van der Waals surface area contributed by atoms with Gasteiger partial charge in [-0.3, -0.25) is 4.52 Å². The van der Waals surface area contributed by atoms with Crippen LogP contribution in [0.25, 0.3) is 0 Å². The Bertz CT molecular complexity index is 71.6. The second-order valence-corrected chi connectivity index (χ2v) is 1.05. The Labute approximate surface area is 67.2 Å². The summed E-state index contributed by atoms with van der Waals surface area (Å²) in [5.41, 5.74) is 0. The zero-order chi connectivity index (χ0) is 6.83. The molecule has 0 bridgehead atoms. The van der Waals surface area contributed by atoms with Crippen LogP contribution in [0.3, 0.4) is 0 Å². The fraction of sp³-hybridized carbons (Fsp3) is 0. The molecule has 1 atom stereocenters. The Morgan fingerprint density at radius 2 is 2.43 bits per heavy atom. The molecular formula is H3B2N2P2Pt. The molecule has 0 heterocycles. The molecule has 0 aromatic heterocycles. The van der Waals surface area contributed by atoms with E-state index in [1.165, 1.54) is 0 Å². The Hall–Kier alpha value is 1.15. The number of nitrogens with zero attached hydrogens (tertiary/aromatic N) is 2. The molecule has 1 unspecified atom stereocenters. The molecular weight excluding hydrogens is 307 g/mol. The summed E-state index contributed by atoms with van der Waals surface area (Å²) in [6.07, 6.45) is 0. The Kier molecular flexibility index (Phi) is 31.7. The van der Waals surface area contributed by atoms with Crippen molar-refractivity contribution in [3.8, 4) is 0 Å². The van der Waals surface area contributed by atoms with Gasteiger partial charge in [-0.2, -0.15) is 0 Å². The maximum atomic E-state index is 6.34. The van der Waals surface area contributed by atoms with Crippen molar-refractivity contribution >= 4 is 33.9 Å². The molecule has 7 heteroatoms. The largest absolute Gasteiger partial charge is 0 e. The summed E-state index contributed by atoms with van der Waals surface area (Å²) in [5.74, 6) is 0. The van der Waals surface area contributed by atoms with Crippen molar-refractivity contribution in [2.75, 3.05) is 0 Å². The van der Waals surface area contributed by atoms with Crippen molar-refractivity contribution in [2.24, 2.45) is 9.32 Å². The van der Waals surface area contributed by atoms with Crippen LogP contribution in [0.2, 0.25) is 0 Å². The van der Waals surface area contributed by atoms with E-state index in [-0.39, 0.29) is 39.4 Å². The predicted octanol–water partition coefficient (Wildman–Crippen LogP) is 0.522. The van der Waals surface area contributed by atoms with Gasteiger partial charge in [-0.05, 0) is 18.3 Å². The van der Waals surface area contributed by atoms with Crippen LogP contribution in [0.1, 0.15) is 0 Å². The second kappa shape index (κ2) is 27.3. The molecule has 0 aliphatic heterocycles. The van der Waals surface area contributed by atoms with Gasteiger partial charge in [0.05, 0.1) is 1.28 Å². The first-order chi connectivity index (χ1) is 3.83. The van der Waals surface area contributed by atoms with Crippen molar-refractivity contribution in [1.82, 2.24) is 0 Å². The average molecular weight is 314 g/mol. The van der Waals surface area contributed by atoms with Gasteiger partial charge in [0.1, 0.15) is 1.28 Å². The summed E-state index contributed by atoms with van der Waals surface area (Å²) < 4.78 is 15.9. The van der Waals surface area contributed by atoms with E-state index >= 15 is 0 Å². The summed E-state index contributed by atoms with van der Waals surface area (Å²) in [6.45, 7) is 0. The predicted molar refractivity (Wildman–Crippen MR) is 34.4 cm³/mol. The molecule has 3 radical (unpaired) electrons. The first kappa shape index (κ1) is 8.15. The fourth-order valence-electron chi connectivity index (χ4n) is 0. The Balaban J connectivity index is -0.0000000800. The standard InChI is InChI=1S/B2N.H3NP2.Pt/c1-3-2;2-1-3;/h;2H,3H2;/i;2T,3T;. The first-order valence-corrected chi connectivity index (χ1v) is 1.79. The van der Waals surface area contributed by atoms with Crippen molar-refractivity contribution < 1.29 is 21.1 Å². The number of hydrogen-bond donors (Lipinski definition) is 0. The van der Waals surface area contributed by atoms with Gasteiger partial charge in [0, 0.05) is 21.1 Å². The van der Waals surface area contributed by atoms with Crippen molar-refractivity contribution in [2.45, 2.75) is 0 Å². The van der Waals surface area contributed by atoms with Crippen molar-refractivity contribution in [1.29, 1.82) is 2.56 Å². The van der Waals surface area contributed by atoms with Crippen molar-refractivity contribution in [3.63, 3.8) is 0 Å². The zero-order valence-corrected chi connectivity index (χ0v) is 7.48. The molecule has 2 nitrogen and oxygen atoms in total. The van der Waals surface area contributed by atoms with Gasteiger partial charge >= 0.3 is 20.4 Å². The van der Waals surface area contributed by atoms with E-state index in [2.05, 4.69) is 24.9 Å². The molecule has 0 fully saturated rings. The Morgan fingerprint density at radius 3 is 2.43 bits per heavy atom. The minimum Gasteiger partial charge on any atom is 0 e. The van der Waals surface area contributed by atoms with Gasteiger partial charge in [-0.25, -0.2) is 0 Å². The van der Waals surface area contributed by atoms with Crippen LogP contribution in [0.15, 0.2) is 9.32 Å². The summed E-state index contributed by atoms with van der Waals surface area (Å²) in [6, 6.07) is 0. The summed E-state index contributed by atoms with van der Waals surface area (Å²) >= 11 is 0. The molecule has 0 aromatic carbocycles. The zero-order valence-electron chi connectivity index (χ0n) is 5.31. The molecule has 0 N–H and O–H groups in total. The molecule has 0 aliphatic rings. The average Bonchev–Trinajstić information content (AvgIpc) is 1.71. The normalized spacial score (nSPS) is 10.7. The van der Waals surface area contributed by atoms with E-state index in [1.807, 2.05) is 0 Å². The molecule has 0 spiro atoms. The quantitative estimate of drug-likeness (QED) is 0.498. The topological polar surface area (TPSA) is 24.7 Å². The maximum Gasteiger partial charge on any atom is 0 e. The van der Waals surface area contributed by atoms with E-state index in [0.29, 0.717) is 0 Å². The van der Waals surface area contributed by atoms with Crippen molar-refractivity contribution in [3.05, 3.63) is 0 Å². The minimum absolute atomic E-state index is 0. The first-order valence-electron chi connectivity index (χ1n) is 1.89. The van der Waals surface area contributed by atoms with Gasteiger partial charge in [-0.1, -0.05) is 0 Å². The molecule has 0 amide bonds.